The van der Waals surface area contributed by atoms with E-state index < -0.39 is 0 Å². The molecule has 0 fully saturated rings. The Morgan fingerprint density at radius 3 is 2.58 bits per heavy atom. The Hall–Kier alpha value is -1.60. The predicted molar refractivity (Wildman–Crippen MR) is 98.2 cm³/mol. The molecule has 0 aromatic carbocycles. The Bertz CT molecular complexity index is 602. The molecule has 2 rings (SSSR count). The van der Waals surface area contributed by atoms with Gasteiger partial charge in [0.25, 0.3) is 0 Å². The highest BCUT2D eigenvalue weighted by molar-refractivity contribution is 5.60. The summed E-state index contributed by atoms with van der Waals surface area (Å²) in [6.07, 6.45) is 7.49. The molecule has 4 nitrogen and oxygen atoms in total. The van der Waals surface area contributed by atoms with Crippen LogP contribution < -0.4 is 5.32 Å². The third kappa shape index (κ3) is 4.48. The lowest BCUT2D eigenvalue weighted by molar-refractivity contribution is -0.0407. The van der Waals surface area contributed by atoms with Crippen LogP contribution in [0.5, 0.6) is 0 Å². The van der Waals surface area contributed by atoms with Gasteiger partial charge < -0.3 is 10.1 Å². The van der Waals surface area contributed by atoms with Crippen molar-refractivity contribution >= 4 is 5.82 Å². The molecule has 24 heavy (non-hydrogen) atoms. The third-order valence-corrected chi connectivity index (χ3v) is 4.66. The van der Waals surface area contributed by atoms with Gasteiger partial charge in [-0.3, -0.25) is 0 Å². The second-order valence-electron chi connectivity index (χ2n) is 7.31. The molecular weight excluding hydrogens is 298 g/mol. The summed E-state index contributed by atoms with van der Waals surface area (Å²) < 4.78 is 6.00. The normalized spacial score (nSPS) is 15.6. The molecule has 4 heteroatoms. The quantitative estimate of drug-likeness (QED) is 0.699. The zero-order chi connectivity index (χ0) is 17.6. The molecule has 0 amide bonds. The molecule has 1 aromatic rings. The lowest BCUT2D eigenvalue weighted by atomic mass is 9.87. The highest BCUT2D eigenvalue weighted by Gasteiger charge is 2.31. The first-order valence-electron chi connectivity index (χ1n) is 9.35. The number of hydrogen-bond acceptors (Lipinski definition) is 4. The maximum atomic E-state index is 9.74. The lowest BCUT2D eigenvalue weighted by Gasteiger charge is -2.33. The van der Waals surface area contributed by atoms with Crippen molar-refractivity contribution < 1.29 is 4.74 Å². The average Bonchev–Trinajstić information content (AvgIpc) is 2.55. The molecule has 0 saturated heterocycles. The number of nitrogens with zero attached hydrogens (tertiary/aromatic N) is 2. The Kier molecular flexibility index (Phi) is 6.62. The van der Waals surface area contributed by atoms with E-state index in [0.717, 1.165) is 66.9 Å². The summed E-state index contributed by atoms with van der Waals surface area (Å²) in [6.45, 7) is 10.0. The van der Waals surface area contributed by atoms with E-state index in [0.29, 0.717) is 6.61 Å². The van der Waals surface area contributed by atoms with Crippen LogP contribution in [0.4, 0.5) is 5.82 Å². The lowest BCUT2D eigenvalue weighted by Crippen LogP contribution is -2.33. The number of pyridine rings is 1. The topological polar surface area (TPSA) is 57.9 Å². The van der Waals surface area contributed by atoms with Crippen molar-refractivity contribution in [2.24, 2.45) is 0 Å². The predicted octanol–water partition coefficient (Wildman–Crippen LogP) is 4.75. The number of ether oxygens (including phenoxy) is 1. The molecule has 2 heterocycles. The molecule has 0 spiro atoms. The molecular formula is C20H31N3O. The van der Waals surface area contributed by atoms with E-state index in [9.17, 15) is 5.26 Å². The van der Waals surface area contributed by atoms with Crippen LogP contribution in [0, 0.1) is 11.3 Å². The maximum Gasteiger partial charge on any atom is 0.144 e. The molecule has 0 atom stereocenters. The number of anilines is 1. The molecule has 1 aromatic heterocycles. The number of aryl methyl sites for hydroxylation is 1. The van der Waals surface area contributed by atoms with Crippen molar-refractivity contribution in [1.29, 1.82) is 5.26 Å². The third-order valence-electron chi connectivity index (χ3n) is 4.66. The summed E-state index contributed by atoms with van der Waals surface area (Å²) in [5.41, 5.74) is 3.91. The number of aromatic nitrogens is 1. The fourth-order valence-corrected chi connectivity index (χ4v) is 3.22. The van der Waals surface area contributed by atoms with E-state index in [1.165, 1.54) is 12.8 Å². The Labute approximate surface area is 146 Å². The van der Waals surface area contributed by atoms with Gasteiger partial charge in [-0.1, -0.05) is 33.1 Å². The van der Waals surface area contributed by atoms with Crippen molar-refractivity contribution in [2.45, 2.75) is 84.8 Å². The Morgan fingerprint density at radius 2 is 1.92 bits per heavy atom. The molecule has 1 N–H and O–H groups in total. The molecule has 0 unspecified atom stereocenters. The van der Waals surface area contributed by atoms with Crippen LogP contribution in [-0.2, 0) is 24.2 Å². The second kappa shape index (κ2) is 8.48. The molecule has 0 radical (unpaired) electrons. The first-order chi connectivity index (χ1) is 11.5. The minimum atomic E-state index is -0.221. The van der Waals surface area contributed by atoms with Gasteiger partial charge in [-0.15, -0.1) is 0 Å². The van der Waals surface area contributed by atoms with Gasteiger partial charge in [0.05, 0.1) is 17.8 Å². The first kappa shape index (κ1) is 18.7. The van der Waals surface area contributed by atoms with Crippen LogP contribution in [0.1, 0.15) is 82.2 Å². The zero-order valence-electron chi connectivity index (χ0n) is 15.7. The van der Waals surface area contributed by atoms with Gasteiger partial charge in [0.15, 0.2) is 0 Å². The minimum Gasteiger partial charge on any atom is -0.370 e. The zero-order valence-corrected chi connectivity index (χ0v) is 15.7. The van der Waals surface area contributed by atoms with E-state index >= 15 is 0 Å². The Morgan fingerprint density at radius 1 is 1.17 bits per heavy atom. The van der Waals surface area contributed by atoms with E-state index in [-0.39, 0.29) is 5.60 Å². The monoisotopic (exact) mass is 329 g/mol. The van der Waals surface area contributed by atoms with E-state index in [2.05, 4.69) is 39.1 Å². The van der Waals surface area contributed by atoms with Crippen LogP contribution in [0.2, 0.25) is 0 Å². The number of fused-ring (bicyclic) bond motifs is 1. The van der Waals surface area contributed by atoms with E-state index in [1.807, 2.05) is 0 Å². The van der Waals surface area contributed by atoms with Gasteiger partial charge in [-0.25, -0.2) is 4.98 Å². The smallest absolute Gasteiger partial charge is 0.144 e. The van der Waals surface area contributed by atoms with Crippen LogP contribution in [0.3, 0.4) is 0 Å². The standard InChI is InChI=1S/C20H31N3O/c1-5-7-9-11-22-19-16(13-21)15-12-20(3,4)24-14-17(15)18(23-19)10-8-6-2/h5-12,14H2,1-4H3,(H,22,23). The molecule has 0 bridgehead atoms. The molecule has 0 aliphatic carbocycles. The fourth-order valence-electron chi connectivity index (χ4n) is 3.22. The molecule has 1 aliphatic rings. The summed E-state index contributed by atoms with van der Waals surface area (Å²) in [5.74, 6) is 0.774. The SMILES string of the molecule is CCCCCNc1nc(CCCC)c2c(c1C#N)CC(C)(C)OC2. The van der Waals surface area contributed by atoms with Crippen LogP contribution in [0.15, 0.2) is 0 Å². The summed E-state index contributed by atoms with van der Waals surface area (Å²) >= 11 is 0. The molecule has 1 aliphatic heterocycles. The molecule has 0 saturated carbocycles. The van der Waals surface area contributed by atoms with Gasteiger partial charge in [0, 0.05) is 24.2 Å². The summed E-state index contributed by atoms with van der Waals surface area (Å²) in [7, 11) is 0. The van der Waals surface area contributed by atoms with Crippen molar-refractivity contribution in [3.63, 3.8) is 0 Å². The first-order valence-corrected chi connectivity index (χ1v) is 9.35. The van der Waals surface area contributed by atoms with Crippen molar-refractivity contribution in [2.75, 3.05) is 11.9 Å². The van der Waals surface area contributed by atoms with Crippen molar-refractivity contribution in [1.82, 2.24) is 4.98 Å². The van der Waals surface area contributed by atoms with Gasteiger partial charge in [0.2, 0.25) is 0 Å². The number of unbranched alkanes of at least 4 members (excludes halogenated alkanes) is 3. The number of nitrogens with one attached hydrogen (secondary N) is 1. The van der Waals surface area contributed by atoms with Crippen LogP contribution >= 0.6 is 0 Å². The van der Waals surface area contributed by atoms with Crippen molar-refractivity contribution in [3.05, 3.63) is 22.4 Å². The van der Waals surface area contributed by atoms with Crippen LogP contribution in [0.25, 0.3) is 0 Å². The average molecular weight is 329 g/mol. The number of nitriles is 1. The van der Waals surface area contributed by atoms with Gasteiger partial charge in [-0.05, 0) is 38.7 Å². The van der Waals surface area contributed by atoms with Crippen molar-refractivity contribution in [3.8, 4) is 6.07 Å². The second-order valence-corrected chi connectivity index (χ2v) is 7.31. The number of hydrogen-bond donors (Lipinski definition) is 1. The summed E-state index contributed by atoms with van der Waals surface area (Å²) in [4.78, 5) is 4.83. The fraction of sp³-hybridized carbons (Fsp3) is 0.700. The Balaban J connectivity index is 2.37. The molecule has 132 valence electrons. The summed E-state index contributed by atoms with van der Waals surface area (Å²) in [5, 5.41) is 13.2. The minimum absolute atomic E-state index is 0.221. The highest BCUT2D eigenvalue weighted by atomic mass is 16.5. The highest BCUT2D eigenvalue weighted by Crippen LogP contribution is 2.34. The maximum absolute atomic E-state index is 9.74. The van der Waals surface area contributed by atoms with Gasteiger partial charge >= 0.3 is 0 Å². The van der Waals surface area contributed by atoms with Crippen LogP contribution in [-0.4, -0.2) is 17.1 Å². The van der Waals surface area contributed by atoms with E-state index in [4.69, 9.17) is 9.72 Å². The van der Waals surface area contributed by atoms with E-state index in [1.54, 1.807) is 0 Å². The van der Waals surface area contributed by atoms with Gasteiger partial charge in [0.1, 0.15) is 11.9 Å². The number of rotatable bonds is 8. The summed E-state index contributed by atoms with van der Waals surface area (Å²) in [6, 6.07) is 2.41. The largest absolute Gasteiger partial charge is 0.370 e. The van der Waals surface area contributed by atoms with Gasteiger partial charge in [-0.2, -0.15) is 5.26 Å².